The largest absolute Gasteiger partial charge is 0.497 e. The Morgan fingerprint density at radius 1 is 1.06 bits per heavy atom. The van der Waals surface area contributed by atoms with E-state index in [9.17, 15) is 9.18 Å². The van der Waals surface area contributed by atoms with Gasteiger partial charge in [-0.1, -0.05) is 31.0 Å². The molecule has 2 aromatic rings. The first-order chi connectivity index (χ1) is 16.1. The molecule has 2 atom stereocenters. The van der Waals surface area contributed by atoms with E-state index in [-0.39, 0.29) is 17.9 Å². The number of urea groups is 1. The van der Waals surface area contributed by atoms with E-state index in [4.69, 9.17) is 4.74 Å². The average molecular weight is 454 g/mol. The third-order valence-corrected chi connectivity index (χ3v) is 7.19. The van der Waals surface area contributed by atoms with Gasteiger partial charge in [-0.25, -0.2) is 9.18 Å². The van der Waals surface area contributed by atoms with E-state index in [0.717, 1.165) is 43.9 Å². The SMILES string of the molecule is COc1cccc(NC(=O)NC2CCCCC2CN2CCC(Cc3ccc(F)cc3)CC2)c1. The first-order valence-corrected chi connectivity index (χ1v) is 12.3. The molecule has 1 saturated heterocycles. The fourth-order valence-corrected chi connectivity index (χ4v) is 5.31. The number of hydrogen-bond acceptors (Lipinski definition) is 3. The van der Waals surface area contributed by atoms with E-state index in [1.807, 2.05) is 36.4 Å². The van der Waals surface area contributed by atoms with Gasteiger partial charge in [-0.3, -0.25) is 0 Å². The Morgan fingerprint density at radius 3 is 2.58 bits per heavy atom. The van der Waals surface area contributed by atoms with Crippen LogP contribution >= 0.6 is 0 Å². The summed E-state index contributed by atoms with van der Waals surface area (Å²) in [6, 6.07) is 14.5. The van der Waals surface area contributed by atoms with Gasteiger partial charge in [-0.05, 0) is 86.9 Å². The number of carbonyl (C=O) groups is 1. The fourth-order valence-electron chi connectivity index (χ4n) is 5.31. The normalized spacial score (nSPS) is 22.0. The zero-order valence-corrected chi connectivity index (χ0v) is 19.6. The zero-order chi connectivity index (χ0) is 23.0. The molecule has 4 rings (SSSR count). The number of halogens is 1. The van der Waals surface area contributed by atoms with Gasteiger partial charge >= 0.3 is 6.03 Å². The van der Waals surface area contributed by atoms with Gasteiger partial charge in [-0.15, -0.1) is 0 Å². The van der Waals surface area contributed by atoms with Crippen LogP contribution in [0.3, 0.4) is 0 Å². The van der Waals surface area contributed by atoms with Crippen LogP contribution in [-0.4, -0.2) is 43.7 Å². The molecule has 2 N–H and O–H groups in total. The summed E-state index contributed by atoms with van der Waals surface area (Å²) in [5, 5.41) is 6.20. The van der Waals surface area contributed by atoms with Crippen molar-refractivity contribution >= 4 is 11.7 Å². The van der Waals surface area contributed by atoms with E-state index >= 15 is 0 Å². The van der Waals surface area contributed by atoms with Crippen molar-refractivity contribution in [3.8, 4) is 5.75 Å². The van der Waals surface area contributed by atoms with E-state index in [1.54, 1.807) is 19.2 Å². The first kappa shape index (κ1) is 23.6. The summed E-state index contributed by atoms with van der Waals surface area (Å²) in [6.45, 7) is 3.25. The monoisotopic (exact) mass is 453 g/mol. The number of nitrogens with one attached hydrogen (secondary N) is 2. The number of ether oxygens (including phenoxy) is 1. The van der Waals surface area contributed by atoms with Crippen LogP contribution in [-0.2, 0) is 6.42 Å². The Bertz CT molecular complexity index is 896. The highest BCUT2D eigenvalue weighted by molar-refractivity contribution is 5.89. The molecule has 1 heterocycles. The molecule has 0 spiro atoms. The molecule has 2 unspecified atom stereocenters. The van der Waals surface area contributed by atoms with Gasteiger partial charge in [0.25, 0.3) is 0 Å². The van der Waals surface area contributed by atoms with Crippen molar-refractivity contribution in [1.82, 2.24) is 10.2 Å². The van der Waals surface area contributed by atoms with Crippen molar-refractivity contribution < 1.29 is 13.9 Å². The molecule has 0 radical (unpaired) electrons. The van der Waals surface area contributed by atoms with Gasteiger partial charge in [0.05, 0.1) is 7.11 Å². The van der Waals surface area contributed by atoms with Gasteiger partial charge < -0.3 is 20.3 Å². The minimum atomic E-state index is -0.165. The van der Waals surface area contributed by atoms with Crippen molar-refractivity contribution in [3.05, 3.63) is 59.9 Å². The molecule has 0 aromatic heterocycles. The molecule has 1 aliphatic heterocycles. The third kappa shape index (κ3) is 6.94. The molecule has 2 amide bonds. The molecule has 178 valence electrons. The highest BCUT2D eigenvalue weighted by Crippen LogP contribution is 2.28. The number of anilines is 1. The van der Waals surface area contributed by atoms with E-state index in [0.29, 0.717) is 11.8 Å². The van der Waals surface area contributed by atoms with Crippen LogP contribution in [0.15, 0.2) is 48.5 Å². The summed E-state index contributed by atoms with van der Waals surface area (Å²) in [5.41, 5.74) is 1.97. The number of likely N-dealkylation sites (tertiary alicyclic amines) is 1. The number of hydrogen-bond donors (Lipinski definition) is 2. The Morgan fingerprint density at radius 2 is 1.82 bits per heavy atom. The first-order valence-electron chi connectivity index (χ1n) is 12.3. The molecule has 0 bridgehead atoms. The predicted octanol–water partition coefficient (Wildman–Crippen LogP) is 5.47. The lowest BCUT2D eigenvalue weighted by molar-refractivity contribution is 0.130. The number of benzene rings is 2. The molecule has 1 saturated carbocycles. The minimum Gasteiger partial charge on any atom is -0.497 e. The Labute approximate surface area is 196 Å². The number of carbonyl (C=O) groups excluding carboxylic acids is 1. The third-order valence-electron chi connectivity index (χ3n) is 7.19. The molecule has 6 heteroatoms. The second-order valence-electron chi connectivity index (χ2n) is 9.56. The second-order valence-corrected chi connectivity index (χ2v) is 9.56. The van der Waals surface area contributed by atoms with Crippen molar-refractivity contribution in [2.24, 2.45) is 11.8 Å². The number of rotatable bonds is 7. The average Bonchev–Trinajstić information content (AvgIpc) is 2.83. The molecule has 1 aliphatic carbocycles. The number of amides is 2. The molecule has 2 aliphatic rings. The van der Waals surface area contributed by atoms with Crippen LogP contribution in [0.25, 0.3) is 0 Å². The molecular weight excluding hydrogens is 417 g/mol. The van der Waals surface area contributed by atoms with Crippen molar-refractivity contribution in [1.29, 1.82) is 0 Å². The Kier molecular flexibility index (Phi) is 8.21. The van der Waals surface area contributed by atoms with Gasteiger partial charge in [0.15, 0.2) is 0 Å². The van der Waals surface area contributed by atoms with E-state index in [1.165, 1.54) is 37.7 Å². The lowest BCUT2D eigenvalue weighted by Crippen LogP contribution is -2.48. The predicted molar refractivity (Wildman–Crippen MR) is 130 cm³/mol. The maximum atomic E-state index is 13.1. The fraction of sp³-hybridized carbons (Fsp3) is 0.519. The van der Waals surface area contributed by atoms with Crippen LogP contribution in [0.2, 0.25) is 0 Å². The van der Waals surface area contributed by atoms with E-state index in [2.05, 4.69) is 15.5 Å². The maximum Gasteiger partial charge on any atom is 0.319 e. The van der Waals surface area contributed by atoms with Crippen LogP contribution in [0.4, 0.5) is 14.9 Å². The van der Waals surface area contributed by atoms with Crippen molar-refractivity contribution in [2.45, 2.75) is 51.0 Å². The van der Waals surface area contributed by atoms with Crippen molar-refractivity contribution in [2.75, 3.05) is 32.1 Å². The number of piperidine rings is 1. The standard InChI is InChI=1S/C27H36FN3O2/c1-33-25-7-4-6-24(18-25)29-27(32)30-26-8-3-2-5-22(26)19-31-15-13-21(14-16-31)17-20-9-11-23(28)12-10-20/h4,6-7,9-12,18,21-22,26H,2-3,5,8,13-17,19H2,1H3,(H2,29,30,32). The lowest BCUT2D eigenvalue weighted by atomic mass is 9.83. The summed E-state index contributed by atoms with van der Waals surface area (Å²) < 4.78 is 18.4. The van der Waals surface area contributed by atoms with Gasteiger partial charge in [0.2, 0.25) is 0 Å². The van der Waals surface area contributed by atoms with Crippen molar-refractivity contribution in [3.63, 3.8) is 0 Å². The Balaban J connectivity index is 1.24. The molecular formula is C27H36FN3O2. The summed E-state index contributed by atoms with van der Waals surface area (Å²) in [4.78, 5) is 15.2. The van der Waals surface area contributed by atoms with Gasteiger partial charge in [0, 0.05) is 24.3 Å². The maximum absolute atomic E-state index is 13.1. The quantitative estimate of drug-likeness (QED) is 0.585. The van der Waals surface area contributed by atoms with Crippen LogP contribution < -0.4 is 15.4 Å². The minimum absolute atomic E-state index is 0.141. The lowest BCUT2D eigenvalue weighted by Gasteiger charge is -2.39. The summed E-state index contributed by atoms with van der Waals surface area (Å²) >= 11 is 0. The summed E-state index contributed by atoms with van der Waals surface area (Å²) in [5.74, 6) is 1.72. The van der Waals surface area contributed by atoms with Gasteiger partial charge in [-0.2, -0.15) is 0 Å². The van der Waals surface area contributed by atoms with Gasteiger partial charge in [0.1, 0.15) is 11.6 Å². The molecule has 33 heavy (non-hydrogen) atoms. The summed E-state index contributed by atoms with van der Waals surface area (Å²) in [7, 11) is 1.62. The van der Waals surface area contributed by atoms with Crippen LogP contribution in [0, 0.1) is 17.7 Å². The number of nitrogens with zero attached hydrogens (tertiary/aromatic N) is 1. The second kappa shape index (κ2) is 11.5. The van der Waals surface area contributed by atoms with E-state index < -0.39 is 0 Å². The highest BCUT2D eigenvalue weighted by atomic mass is 19.1. The molecule has 5 nitrogen and oxygen atoms in total. The highest BCUT2D eigenvalue weighted by Gasteiger charge is 2.29. The smallest absolute Gasteiger partial charge is 0.319 e. The van der Waals surface area contributed by atoms with Crippen LogP contribution in [0.5, 0.6) is 5.75 Å². The number of methoxy groups -OCH3 is 1. The molecule has 2 fully saturated rings. The zero-order valence-electron chi connectivity index (χ0n) is 19.6. The molecule has 2 aromatic carbocycles. The topological polar surface area (TPSA) is 53.6 Å². The van der Waals surface area contributed by atoms with Crippen LogP contribution in [0.1, 0.15) is 44.1 Å². The Hall–Kier alpha value is -2.60. The summed E-state index contributed by atoms with van der Waals surface area (Å²) in [6.07, 6.45) is 8.00.